The second-order valence-corrected chi connectivity index (χ2v) is 12.9. The molecule has 210 valence electrons. The number of piperidine rings is 1. The number of amides is 5. The Hall–Kier alpha value is -3.23. The van der Waals surface area contributed by atoms with Gasteiger partial charge in [0.1, 0.15) is 11.6 Å². The lowest BCUT2D eigenvalue weighted by Gasteiger charge is -2.52. The number of nitrogens with one attached hydrogen (secondary N) is 1. The maximum absolute atomic E-state index is 13.3. The van der Waals surface area contributed by atoms with Crippen LogP contribution in [0.25, 0.3) is 0 Å². The number of rotatable bonds is 5. The van der Waals surface area contributed by atoms with Gasteiger partial charge in [-0.25, -0.2) is 4.79 Å². The average Bonchev–Trinajstić information content (AvgIpc) is 3.10. The number of fused-ring (bicyclic) bond motifs is 1. The minimum atomic E-state index is -0.945. The molecule has 1 aromatic rings. The molecule has 2 saturated carbocycles. The van der Waals surface area contributed by atoms with Crippen molar-refractivity contribution < 1.29 is 28.7 Å². The highest BCUT2D eigenvalue weighted by atomic mass is 16.6. The Bertz CT molecular complexity index is 1200. The normalized spacial score (nSPS) is 28.7. The maximum Gasteiger partial charge on any atom is 0.410 e. The van der Waals surface area contributed by atoms with Gasteiger partial charge in [0, 0.05) is 19.5 Å². The summed E-state index contributed by atoms with van der Waals surface area (Å²) in [5.74, 6) is -1.29. The molecule has 3 fully saturated rings. The van der Waals surface area contributed by atoms with E-state index in [0.717, 1.165) is 55.4 Å². The van der Waals surface area contributed by atoms with E-state index in [2.05, 4.69) is 5.32 Å². The van der Waals surface area contributed by atoms with Crippen LogP contribution in [0.15, 0.2) is 18.2 Å². The monoisotopic (exact) mass is 537 g/mol. The molecule has 1 atom stereocenters. The predicted molar refractivity (Wildman–Crippen MR) is 143 cm³/mol. The fourth-order valence-electron chi connectivity index (χ4n) is 7.02. The molecule has 0 bridgehead atoms. The van der Waals surface area contributed by atoms with Crippen molar-refractivity contribution in [2.75, 3.05) is 7.05 Å². The third-order valence-electron chi connectivity index (χ3n) is 9.06. The lowest BCUT2D eigenvalue weighted by Crippen LogP contribution is -2.54. The number of hydrogen-bond donors (Lipinski definition) is 1. The fraction of sp³-hybridized carbons (Fsp3) is 0.633. The number of hydrogen-bond acceptors (Lipinski definition) is 6. The minimum Gasteiger partial charge on any atom is -0.444 e. The van der Waals surface area contributed by atoms with E-state index in [1.807, 2.05) is 33.9 Å². The molecule has 0 aromatic heterocycles. The Morgan fingerprint density at radius 3 is 2.41 bits per heavy atom. The summed E-state index contributed by atoms with van der Waals surface area (Å²) in [6.07, 6.45) is 8.15. The lowest BCUT2D eigenvalue weighted by molar-refractivity contribution is -0.136. The zero-order valence-corrected chi connectivity index (χ0v) is 23.4. The summed E-state index contributed by atoms with van der Waals surface area (Å²) < 4.78 is 5.54. The minimum absolute atomic E-state index is 0.109. The first-order valence-corrected chi connectivity index (χ1v) is 14.2. The first kappa shape index (κ1) is 27.3. The van der Waals surface area contributed by atoms with Gasteiger partial charge in [0.05, 0.1) is 11.1 Å². The third-order valence-corrected chi connectivity index (χ3v) is 9.06. The second-order valence-electron chi connectivity index (χ2n) is 12.9. The van der Waals surface area contributed by atoms with Crippen LogP contribution in [0, 0.1) is 11.3 Å². The van der Waals surface area contributed by atoms with Crippen molar-refractivity contribution in [1.82, 2.24) is 15.1 Å². The van der Waals surface area contributed by atoms with Gasteiger partial charge in [-0.15, -0.1) is 0 Å². The Kier molecular flexibility index (Phi) is 7.06. The van der Waals surface area contributed by atoms with Crippen LogP contribution < -0.4 is 5.32 Å². The summed E-state index contributed by atoms with van der Waals surface area (Å²) >= 11 is 0. The van der Waals surface area contributed by atoms with Crippen molar-refractivity contribution in [3.63, 3.8) is 0 Å². The molecule has 9 heteroatoms. The topological polar surface area (TPSA) is 113 Å². The molecule has 1 N–H and O–H groups in total. The lowest BCUT2D eigenvalue weighted by atomic mass is 9.54. The molecule has 5 rings (SSSR count). The Labute approximate surface area is 229 Å². The van der Waals surface area contributed by atoms with Crippen molar-refractivity contribution in [3.8, 4) is 0 Å². The molecular formula is C30H39N3O6. The van der Waals surface area contributed by atoms with Crippen LogP contribution in [0.5, 0.6) is 0 Å². The van der Waals surface area contributed by atoms with Crippen molar-refractivity contribution in [1.29, 1.82) is 0 Å². The molecule has 1 unspecified atom stereocenters. The second kappa shape index (κ2) is 10.1. The highest BCUT2D eigenvalue weighted by Gasteiger charge is 2.48. The summed E-state index contributed by atoms with van der Waals surface area (Å²) in [7, 11) is 1.84. The van der Waals surface area contributed by atoms with Gasteiger partial charge >= 0.3 is 6.09 Å². The molecule has 39 heavy (non-hydrogen) atoms. The van der Waals surface area contributed by atoms with Gasteiger partial charge in [0.15, 0.2) is 0 Å². The molecular weight excluding hydrogens is 498 g/mol. The van der Waals surface area contributed by atoms with Gasteiger partial charge < -0.3 is 9.64 Å². The first-order valence-electron chi connectivity index (χ1n) is 14.2. The number of ether oxygens (including phenoxy) is 1. The van der Waals surface area contributed by atoms with E-state index in [1.54, 1.807) is 17.0 Å². The smallest absolute Gasteiger partial charge is 0.410 e. The molecule has 2 heterocycles. The van der Waals surface area contributed by atoms with Crippen molar-refractivity contribution >= 4 is 29.7 Å². The van der Waals surface area contributed by atoms with E-state index < -0.39 is 29.4 Å². The highest BCUT2D eigenvalue weighted by molar-refractivity contribution is 6.24. The van der Waals surface area contributed by atoms with Crippen molar-refractivity contribution in [2.24, 2.45) is 11.3 Å². The first-order chi connectivity index (χ1) is 18.4. The number of nitrogens with zero attached hydrogens (tertiary/aromatic N) is 2. The molecule has 1 spiro atoms. The number of benzene rings is 1. The van der Waals surface area contributed by atoms with Crippen molar-refractivity contribution in [2.45, 2.75) is 103 Å². The Morgan fingerprint density at radius 2 is 1.77 bits per heavy atom. The van der Waals surface area contributed by atoms with Gasteiger partial charge in [-0.3, -0.25) is 29.4 Å². The third kappa shape index (κ3) is 5.32. The molecule has 9 nitrogen and oxygen atoms in total. The van der Waals surface area contributed by atoms with E-state index in [9.17, 15) is 24.0 Å². The highest BCUT2D eigenvalue weighted by Crippen LogP contribution is 2.56. The molecule has 2 aliphatic heterocycles. The average molecular weight is 538 g/mol. The summed E-state index contributed by atoms with van der Waals surface area (Å²) in [5.41, 5.74) is 1.46. The fourth-order valence-corrected chi connectivity index (χ4v) is 7.02. The molecule has 1 aromatic carbocycles. The van der Waals surface area contributed by atoms with Crippen LogP contribution in [0.4, 0.5) is 4.79 Å². The zero-order chi connectivity index (χ0) is 28.1. The summed E-state index contributed by atoms with van der Waals surface area (Å²) in [5, 5.41) is 2.25. The van der Waals surface area contributed by atoms with Crippen LogP contribution in [-0.4, -0.2) is 64.3 Å². The quantitative estimate of drug-likeness (QED) is 0.563. The zero-order valence-electron chi connectivity index (χ0n) is 23.4. The van der Waals surface area contributed by atoms with Crippen molar-refractivity contribution in [3.05, 3.63) is 34.9 Å². The number of carbonyl (C=O) groups excluding carboxylic acids is 5. The van der Waals surface area contributed by atoms with Gasteiger partial charge in [0.2, 0.25) is 11.8 Å². The Balaban J connectivity index is 1.15. The Morgan fingerprint density at radius 1 is 1.08 bits per heavy atom. The van der Waals surface area contributed by atoms with Crippen LogP contribution in [0.3, 0.4) is 0 Å². The molecule has 5 amide bonds. The molecule has 0 radical (unpaired) electrons. The van der Waals surface area contributed by atoms with E-state index in [4.69, 9.17) is 4.74 Å². The van der Waals surface area contributed by atoms with Crippen LogP contribution in [0.1, 0.15) is 105 Å². The number of aryl methyl sites for hydroxylation is 1. The standard InChI is InChI=1S/C30H39N3O6/c1-29(2,3)39-28(38)32(4)20-12-14-30(15-13-20)16-18(17-30)8-9-19-6-5-7-21-24(19)27(37)33(26(21)36)22-10-11-23(34)31-25(22)35/h5-7,18,20,22H,8-17H2,1-4H3,(H,31,34,35). The van der Waals surface area contributed by atoms with Crippen LogP contribution in [-0.2, 0) is 20.7 Å². The van der Waals surface area contributed by atoms with Crippen LogP contribution >= 0.6 is 0 Å². The number of carbonyl (C=O) groups is 5. The van der Waals surface area contributed by atoms with E-state index >= 15 is 0 Å². The summed E-state index contributed by atoms with van der Waals surface area (Å²) in [4.78, 5) is 65.6. The predicted octanol–water partition coefficient (Wildman–Crippen LogP) is 4.23. The molecule has 4 aliphatic rings. The summed E-state index contributed by atoms with van der Waals surface area (Å²) in [6.45, 7) is 5.65. The molecule has 1 saturated heterocycles. The van der Waals surface area contributed by atoms with Gasteiger partial charge in [-0.1, -0.05) is 12.1 Å². The number of imide groups is 2. The largest absolute Gasteiger partial charge is 0.444 e. The van der Waals surface area contributed by atoms with E-state index in [0.29, 0.717) is 28.9 Å². The van der Waals surface area contributed by atoms with E-state index in [-0.39, 0.29) is 30.9 Å². The van der Waals surface area contributed by atoms with Gasteiger partial charge in [-0.2, -0.15) is 0 Å². The maximum atomic E-state index is 13.3. The van der Waals surface area contributed by atoms with Gasteiger partial charge in [0.25, 0.3) is 11.8 Å². The summed E-state index contributed by atoms with van der Waals surface area (Å²) in [6, 6.07) is 4.63. The van der Waals surface area contributed by atoms with E-state index in [1.165, 1.54) is 0 Å². The van der Waals surface area contributed by atoms with Crippen LogP contribution in [0.2, 0.25) is 0 Å². The SMILES string of the molecule is CN(C(=O)OC(C)(C)C)C1CCC2(CC1)CC(CCc1cccc3c1C(=O)N(C1CCC(=O)NC1=O)C3=O)C2. The van der Waals surface area contributed by atoms with Gasteiger partial charge in [-0.05, 0) is 102 Å². The molecule has 2 aliphatic carbocycles.